The lowest BCUT2D eigenvalue weighted by Gasteiger charge is -2.40. The summed E-state index contributed by atoms with van der Waals surface area (Å²) in [6.07, 6.45) is 12.3. The Hall–Kier alpha value is -0.900. The van der Waals surface area contributed by atoms with E-state index in [0.717, 1.165) is 24.7 Å². The fourth-order valence-electron chi connectivity index (χ4n) is 3.68. The predicted octanol–water partition coefficient (Wildman–Crippen LogP) is 2.94. The molecule has 1 N–H and O–H groups in total. The summed E-state index contributed by atoms with van der Waals surface area (Å²) < 4.78 is 1.93. The maximum atomic E-state index is 4.43. The average Bonchev–Trinajstić information content (AvgIpc) is 2.84. The van der Waals surface area contributed by atoms with E-state index in [4.69, 9.17) is 0 Å². The van der Waals surface area contributed by atoms with E-state index >= 15 is 0 Å². The molecular formula is C16H30N4. The van der Waals surface area contributed by atoms with Gasteiger partial charge in [-0.2, -0.15) is 5.10 Å². The third-order valence-electron chi connectivity index (χ3n) is 5.02. The molecule has 0 spiro atoms. The van der Waals surface area contributed by atoms with Gasteiger partial charge in [0.15, 0.2) is 0 Å². The van der Waals surface area contributed by atoms with Gasteiger partial charge in [0, 0.05) is 20.0 Å². The van der Waals surface area contributed by atoms with Crippen LogP contribution in [0.5, 0.6) is 0 Å². The molecule has 0 aliphatic heterocycles. The van der Waals surface area contributed by atoms with Crippen molar-refractivity contribution in [1.29, 1.82) is 0 Å². The van der Waals surface area contributed by atoms with Crippen molar-refractivity contribution in [2.75, 3.05) is 13.6 Å². The molecule has 1 aliphatic rings. The molecule has 0 radical (unpaired) electrons. The molecular weight excluding hydrogens is 248 g/mol. The van der Waals surface area contributed by atoms with E-state index in [9.17, 15) is 0 Å². The molecule has 0 unspecified atom stereocenters. The fraction of sp³-hybridized carbons (Fsp3) is 0.875. The molecule has 0 saturated heterocycles. The summed E-state index contributed by atoms with van der Waals surface area (Å²) in [4.78, 5) is 4.43. The van der Waals surface area contributed by atoms with Gasteiger partial charge in [-0.1, -0.05) is 26.2 Å². The molecule has 1 saturated carbocycles. The van der Waals surface area contributed by atoms with Gasteiger partial charge in [-0.15, -0.1) is 0 Å². The molecule has 1 fully saturated rings. The molecule has 4 heteroatoms. The van der Waals surface area contributed by atoms with E-state index in [0.29, 0.717) is 5.41 Å². The lowest BCUT2D eigenvalue weighted by atomic mass is 9.67. The van der Waals surface area contributed by atoms with Crippen LogP contribution in [0.2, 0.25) is 0 Å². The zero-order chi connectivity index (χ0) is 14.4. The van der Waals surface area contributed by atoms with Gasteiger partial charge >= 0.3 is 0 Å². The first-order chi connectivity index (χ1) is 9.69. The van der Waals surface area contributed by atoms with E-state index in [1.165, 1.54) is 44.9 Å². The minimum Gasteiger partial charge on any atom is -0.319 e. The number of aromatic nitrogens is 3. The Kier molecular flexibility index (Phi) is 5.58. The highest BCUT2D eigenvalue weighted by Gasteiger charge is 2.35. The zero-order valence-corrected chi connectivity index (χ0v) is 13.4. The molecule has 2 rings (SSSR count). The Balaban J connectivity index is 1.96. The molecule has 1 aliphatic carbocycles. The number of nitrogens with one attached hydrogen (secondary N) is 1. The highest BCUT2D eigenvalue weighted by Crippen LogP contribution is 2.42. The van der Waals surface area contributed by atoms with Gasteiger partial charge < -0.3 is 5.32 Å². The smallest absolute Gasteiger partial charge is 0.138 e. The van der Waals surface area contributed by atoms with Crippen LogP contribution in [0.3, 0.4) is 0 Å². The van der Waals surface area contributed by atoms with Crippen molar-refractivity contribution in [3.8, 4) is 0 Å². The van der Waals surface area contributed by atoms with Crippen molar-refractivity contribution in [2.45, 2.75) is 58.3 Å². The van der Waals surface area contributed by atoms with Crippen LogP contribution in [-0.2, 0) is 13.5 Å². The van der Waals surface area contributed by atoms with Crippen LogP contribution in [0.1, 0.15) is 57.7 Å². The summed E-state index contributed by atoms with van der Waals surface area (Å²) in [7, 11) is 4.07. The molecule has 114 valence electrons. The van der Waals surface area contributed by atoms with Crippen LogP contribution in [0.4, 0.5) is 0 Å². The van der Waals surface area contributed by atoms with Gasteiger partial charge in [-0.25, -0.2) is 4.98 Å². The van der Waals surface area contributed by atoms with E-state index in [2.05, 4.69) is 29.4 Å². The van der Waals surface area contributed by atoms with E-state index < -0.39 is 0 Å². The Morgan fingerprint density at radius 1 is 1.40 bits per heavy atom. The Bertz CT molecular complexity index is 391. The first-order valence-corrected chi connectivity index (χ1v) is 8.16. The normalized spacial score (nSPS) is 26.9. The maximum Gasteiger partial charge on any atom is 0.138 e. The summed E-state index contributed by atoms with van der Waals surface area (Å²) in [5.74, 6) is 2.09. The largest absolute Gasteiger partial charge is 0.319 e. The van der Waals surface area contributed by atoms with Crippen LogP contribution in [0.15, 0.2) is 6.33 Å². The van der Waals surface area contributed by atoms with Crippen LogP contribution in [-0.4, -0.2) is 28.4 Å². The monoisotopic (exact) mass is 278 g/mol. The van der Waals surface area contributed by atoms with Crippen LogP contribution < -0.4 is 5.32 Å². The lowest BCUT2D eigenvalue weighted by Crippen LogP contribution is -2.39. The summed E-state index contributed by atoms with van der Waals surface area (Å²) in [6, 6.07) is 0. The van der Waals surface area contributed by atoms with Crippen LogP contribution in [0.25, 0.3) is 0 Å². The molecule has 0 bridgehead atoms. The molecule has 0 atom stereocenters. The highest BCUT2D eigenvalue weighted by molar-refractivity contribution is 4.97. The van der Waals surface area contributed by atoms with Crippen molar-refractivity contribution in [1.82, 2.24) is 20.1 Å². The minimum absolute atomic E-state index is 0.387. The number of nitrogens with zero attached hydrogens (tertiary/aromatic N) is 3. The molecule has 0 amide bonds. The van der Waals surface area contributed by atoms with Gasteiger partial charge in [0.1, 0.15) is 12.2 Å². The molecule has 1 aromatic heterocycles. The second-order valence-electron chi connectivity index (χ2n) is 6.59. The van der Waals surface area contributed by atoms with Crippen LogP contribution >= 0.6 is 0 Å². The minimum atomic E-state index is 0.387. The van der Waals surface area contributed by atoms with Crippen LogP contribution in [0, 0.1) is 11.3 Å². The molecule has 0 aromatic carbocycles. The van der Waals surface area contributed by atoms with Crippen molar-refractivity contribution in [3.63, 3.8) is 0 Å². The first kappa shape index (κ1) is 15.5. The zero-order valence-electron chi connectivity index (χ0n) is 13.4. The van der Waals surface area contributed by atoms with E-state index in [1.807, 2.05) is 11.7 Å². The van der Waals surface area contributed by atoms with Gasteiger partial charge in [-0.3, -0.25) is 4.68 Å². The van der Waals surface area contributed by atoms with Gasteiger partial charge in [-0.05, 0) is 44.1 Å². The number of unbranched alkanes of at least 4 members (excludes halogenated alkanes) is 1. The summed E-state index contributed by atoms with van der Waals surface area (Å²) in [5, 5.41) is 7.62. The number of hydrogen-bond donors (Lipinski definition) is 1. The Morgan fingerprint density at radius 3 is 2.70 bits per heavy atom. The SMILES string of the molecule is CCCCC1CCC(CNC)(Cc2ncnn2C)CC1. The van der Waals surface area contributed by atoms with E-state index in [-0.39, 0.29) is 0 Å². The number of aryl methyl sites for hydroxylation is 1. The van der Waals surface area contributed by atoms with Gasteiger partial charge in [0.25, 0.3) is 0 Å². The van der Waals surface area contributed by atoms with Crippen molar-refractivity contribution < 1.29 is 0 Å². The maximum absolute atomic E-state index is 4.43. The molecule has 1 aromatic rings. The molecule has 4 nitrogen and oxygen atoms in total. The average molecular weight is 278 g/mol. The molecule has 20 heavy (non-hydrogen) atoms. The van der Waals surface area contributed by atoms with Gasteiger partial charge in [0.05, 0.1) is 0 Å². The molecule has 1 heterocycles. The van der Waals surface area contributed by atoms with Crippen molar-refractivity contribution >= 4 is 0 Å². The Morgan fingerprint density at radius 2 is 2.15 bits per heavy atom. The first-order valence-electron chi connectivity index (χ1n) is 8.16. The van der Waals surface area contributed by atoms with Gasteiger partial charge in [0.2, 0.25) is 0 Å². The third kappa shape index (κ3) is 3.81. The Labute approximate surface area is 123 Å². The number of rotatable bonds is 7. The van der Waals surface area contributed by atoms with Crippen molar-refractivity contribution in [3.05, 3.63) is 12.2 Å². The quantitative estimate of drug-likeness (QED) is 0.834. The standard InChI is InChI=1S/C16H30N4/c1-4-5-6-14-7-9-16(10-8-14,12-17-2)11-15-18-13-19-20(15)3/h13-14,17H,4-12H2,1-3H3. The fourth-order valence-corrected chi connectivity index (χ4v) is 3.68. The topological polar surface area (TPSA) is 42.7 Å². The highest BCUT2D eigenvalue weighted by atomic mass is 15.3. The second kappa shape index (κ2) is 7.21. The predicted molar refractivity (Wildman–Crippen MR) is 82.5 cm³/mol. The third-order valence-corrected chi connectivity index (χ3v) is 5.02. The van der Waals surface area contributed by atoms with E-state index in [1.54, 1.807) is 6.33 Å². The second-order valence-corrected chi connectivity index (χ2v) is 6.59. The summed E-state index contributed by atoms with van der Waals surface area (Å²) in [6.45, 7) is 3.39. The lowest BCUT2D eigenvalue weighted by molar-refractivity contribution is 0.137. The van der Waals surface area contributed by atoms with Crippen molar-refractivity contribution in [2.24, 2.45) is 18.4 Å². The number of hydrogen-bond acceptors (Lipinski definition) is 3. The summed E-state index contributed by atoms with van der Waals surface area (Å²) >= 11 is 0. The summed E-state index contributed by atoms with van der Waals surface area (Å²) in [5.41, 5.74) is 0.387.